The van der Waals surface area contributed by atoms with E-state index in [1.54, 1.807) is 6.07 Å². The van der Waals surface area contributed by atoms with E-state index in [1.807, 2.05) is 0 Å². The second kappa shape index (κ2) is 10.9. The summed E-state index contributed by atoms with van der Waals surface area (Å²) < 4.78 is 13.5. The molecular weight excluding hydrogens is 337 g/mol. The van der Waals surface area contributed by atoms with E-state index in [9.17, 15) is 19.1 Å². The van der Waals surface area contributed by atoms with Crippen LogP contribution >= 0.6 is 0 Å². The van der Waals surface area contributed by atoms with Gasteiger partial charge in [0.1, 0.15) is 5.82 Å². The summed E-state index contributed by atoms with van der Waals surface area (Å²) in [6, 6.07) is 5.99. The van der Waals surface area contributed by atoms with Crippen molar-refractivity contribution >= 4 is 11.8 Å². The summed E-state index contributed by atoms with van der Waals surface area (Å²) in [4.78, 5) is 25.9. The van der Waals surface area contributed by atoms with E-state index in [4.69, 9.17) is 0 Å². The van der Waals surface area contributed by atoms with Gasteiger partial charge < -0.3 is 15.7 Å². The Kier molecular flexibility index (Phi) is 8.50. The highest BCUT2D eigenvalue weighted by atomic mass is 19.1. The number of piperidine rings is 1. The zero-order valence-corrected chi connectivity index (χ0v) is 15.0. The quantitative estimate of drug-likeness (QED) is 0.576. The van der Waals surface area contributed by atoms with Crippen LogP contribution in [0.15, 0.2) is 24.3 Å². The van der Waals surface area contributed by atoms with Crippen molar-refractivity contribution in [1.29, 1.82) is 0 Å². The van der Waals surface area contributed by atoms with Crippen molar-refractivity contribution in [2.24, 2.45) is 0 Å². The fourth-order valence-corrected chi connectivity index (χ4v) is 3.19. The van der Waals surface area contributed by atoms with E-state index in [2.05, 4.69) is 15.5 Å². The number of amides is 2. The van der Waals surface area contributed by atoms with Crippen LogP contribution in [-0.4, -0.2) is 60.6 Å². The SMILES string of the molecule is O=C(CCNC(=O)c1ccccc1F)NCCCN1CCCC[C@@H]1CO. The van der Waals surface area contributed by atoms with Crippen molar-refractivity contribution in [3.8, 4) is 0 Å². The number of likely N-dealkylation sites (tertiary alicyclic amines) is 1. The molecule has 26 heavy (non-hydrogen) atoms. The number of aliphatic hydroxyl groups is 1. The third-order valence-electron chi connectivity index (χ3n) is 4.66. The van der Waals surface area contributed by atoms with Crippen LogP contribution in [0.5, 0.6) is 0 Å². The maximum Gasteiger partial charge on any atom is 0.254 e. The third kappa shape index (κ3) is 6.38. The molecule has 1 fully saturated rings. The number of aliphatic hydroxyl groups excluding tert-OH is 1. The zero-order chi connectivity index (χ0) is 18.8. The van der Waals surface area contributed by atoms with Crippen LogP contribution in [0.25, 0.3) is 0 Å². The highest BCUT2D eigenvalue weighted by Gasteiger charge is 2.20. The number of hydrogen-bond acceptors (Lipinski definition) is 4. The van der Waals surface area contributed by atoms with E-state index < -0.39 is 11.7 Å². The molecule has 1 atom stereocenters. The Balaban J connectivity index is 1.58. The summed E-state index contributed by atoms with van der Waals surface area (Å²) in [6.45, 7) is 2.78. The first-order valence-electron chi connectivity index (χ1n) is 9.26. The van der Waals surface area contributed by atoms with Gasteiger partial charge in [-0.15, -0.1) is 0 Å². The number of carbonyl (C=O) groups excluding carboxylic acids is 2. The Morgan fingerprint density at radius 2 is 2.00 bits per heavy atom. The van der Waals surface area contributed by atoms with Gasteiger partial charge in [-0.2, -0.15) is 0 Å². The maximum atomic E-state index is 13.5. The van der Waals surface area contributed by atoms with Gasteiger partial charge in [-0.3, -0.25) is 14.5 Å². The summed E-state index contributed by atoms with van der Waals surface area (Å²) in [6.07, 6.45) is 4.33. The lowest BCUT2D eigenvalue weighted by Gasteiger charge is -2.34. The standard InChI is InChI=1S/C19H28FN3O3/c20-17-8-2-1-7-16(17)19(26)22-11-9-18(25)21-10-5-13-23-12-4-3-6-15(23)14-24/h1-2,7-8,15,24H,3-6,9-14H2,(H,21,25)(H,22,26)/t15-/m1/s1. The smallest absolute Gasteiger partial charge is 0.254 e. The minimum atomic E-state index is -0.576. The summed E-state index contributed by atoms with van der Waals surface area (Å²) >= 11 is 0. The van der Waals surface area contributed by atoms with Crippen molar-refractivity contribution in [3.05, 3.63) is 35.6 Å². The number of hydrogen-bond donors (Lipinski definition) is 3. The monoisotopic (exact) mass is 365 g/mol. The average Bonchev–Trinajstić information content (AvgIpc) is 2.65. The first kappa shape index (κ1) is 20.3. The molecule has 3 N–H and O–H groups in total. The molecule has 6 nitrogen and oxygen atoms in total. The fraction of sp³-hybridized carbons (Fsp3) is 0.579. The molecule has 1 aliphatic heterocycles. The lowest BCUT2D eigenvalue weighted by molar-refractivity contribution is -0.120. The zero-order valence-electron chi connectivity index (χ0n) is 15.0. The Hall–Kier alpha value is -1.99. The molecule has 7 heteroatoms. The summed E-state index contributed by atoms with van der Waals surface area (Å²) in [5.41, 5.74) is -0.0205. The molecule has 0 aromatic heterocycles. The minimum Gasteiger partial charge on any atom is -0.395 e. The van der Waals surface area contributed by atoms with Crippen LogP contribution in [-0.2, 0) is 4.79 Å². The van der Waals surface area contributed by atoms with E-state index in [0.29, 0.717) is 6.54 Å². The van der Waals surface area contributed by atoms with Crippen LogP contribution in [0.2, 0.25) is 0 Å². The van der Waals surface area contributed by atoms with Crippen molar-refractivity contribution in [1.82, 2.24) is 15.5 Å². The first-order chi connectivity index (χ1) is 12.6. The van der Waals surface area contributed by atoms with Gasteiger partial charge in [-0.25, -0.2) is 4.39 Å². The van der Waals surface area contributed by atoms with Gasteiger partial charge in [0.25, 0.3) is 5.91 Å². The molecule has 0 aliphatic carbocycles. The van der Waals surface area contributed by atoms with Crippen molar-refractivity contribution in [2.75, 3.05) is 32.8 Å². The van der Waals surface area contributed by atoms with Crippen LogP contribution < -0.4 is 10.6 Å². The van der Waals surface area contributed by atoms with Gasteiger partial charge in [0.15, 0.2) is 0 Å². The molecule has 1 saturated heterocycles. The van der Waals surface area contributed by atoms with Gasteiger partial charge in [0.2, 0.25) is 5.91 Å². The van der Waals surface area contributed by atoms with Gasteiger partial charge in [0.05, 0.1) is 12.2 Å². The number of carbonyl (C=O) groups is 2. The predicted octanol–water partition coefficient (Wildman–Crippen LogP) is 1.30. The lowest BCUT2D eigenvalue weighted by atomic mass is 10.0. The third-order valence-corrected chi connectivity index (χ3v) is 4.66. The summed E-state index contributed by atoms with van der Waals surface area (Å²) in [5.74, 6) is -1.24. The van der Waals surface area contributed by atoms with Crippen molar-refractivity contribution in [3.63, 3.8) is 0 Å². The Labute approximate surface area is 153 Å². The number of nitrogens with one attached hydrogen (secondary N) is 2. The molecule has 1 aromatic rings. The van der Waals surface area contributed by atoms with Crippen LogP contribution in [0.4, 0.5) is 4.39 Å². The largest absolute Gasteiger partial charge is 0.395 e. The summed E-state index contributed by atoms with van der Waals surface area (Å²) in [7, 11) is 0. The van der Waals surface area contributed by atoms with E-state index in [-0.39, 0.29) is 37.1 Å². The van der Waals surface area contributed by atoms with Gasteiger partial charge in [-0.1, -0.05) is 18.6 Å². The molecule has 0 bridgehead atoms. The number of rotatable bonds is 9. The van der Waals surface area contributed by atoms with Crippen LogP contribution in [0.1, 0.15) is 42.5 Å². The van der Waals surface area contributed by atoms with E-state index in [0.717, 1.165) is 38.8 Å². The van der Waals surface area contributed by atoms with Crippen LogP contribution in [0.3, 0.4) is 0 Å². The molecule has 1 aliphatic rings. The normalized spacial score (nSPS) is 17.7. The number of nitrogens with zero attached hydrogens (tertiary/aromatic N) is 1. The predicted molar refractivity (Wildman–Crippen MR) is 97.3 cm³/mol. The van der Waals surface area contributed by atoms with Crippen molar-refractivity contribution < 1.29 is 19.1 Å². The molecule has 0 saturated carbocycles. The molecule has 1 heterocycles. The molecule has 2 rings (SSSR count). The maximum absolute atomic E-state index is 13.5. The molecule has 0 radical (unpaired) electrons. The number of benzene rings is 1. The van der Waals surface area contributed by atoms with Crippen LogP contribution in [0, 0.1) is 5.82 Å². The number of halogens is 1. The topological polar surface area (TPSA) is 81.7 Å². The second-order valence-corrected chi connectivity index (χ2v) is 6.56. The fourth-order valence-electron chi connectivity index (χ4n) is 3.19. The molecular formula is C19H28FN3O3. The van der Waals surface area contributed by atoms with Gasteiger partial charge in [-0.05, 0) is 37.9 Å². The lowest BCUT2D eigenvalue weighted by Crippen LogP contribution is -2.43. The molecule has 2 amide bonds. The first-order valence-corrected chi connectivity index (χ1v) is 9.26. The molecule has 144 valence electrons. The van der Waals surface area contributed by atoms with Gasteiger partial charge in [0, 0.05) is 32.1 Å². The van der Waals surface area contributed by atoms with Gasteiger partial charge >= 0.3 is 0 Å². The highest BCUT2D eigenvalue weighted by molar-refractivity contribution is 5.94. The van der Waals surface area contributed by atoms with Crippen molar-refractivity contribution in [2.45, 2.75) is 38.1 Å². The molecule has 0 unspecified atom stereocenters. The Morgan fingerprint density at radius 1 is 1.19 bits per heavy atom. The average molecular weight is 365 g/mol. The minimum absolute atomic E-state index is 0.0205. The molecule has 0 spiro atoms. The summed E-state index contributed by atoms with van der Waals surface area (Å²) in [5, 5.41) is 14.8. The second-order valence-electron chi connectivity index (χ2n) is 6.56. The van der Waals surface area contributed by atoms with E-state index in [1.165, 1.54) is 18.2 Å². The Morgan fingerprint density at radius 3 is 2.77 bits per heavy atom. The highest BCUT2D eigenvalue weighted by Crippen LogP contribution is 2.16. The van der Waals surface area contributed by atoms with E-state index >= 15 is 0 Å². The Bertz CT molecular complexity index is 597. The molecule has 1 aromatic carbocycles.